The van der Waals surface area contributed by atoms with Crippen molar-refractivity contribution in [3.8, 4) is 0 Å². The zero-order valence-corrected chi connectivity index (χ0v) is 7.71. The quantitative estimate of drug-likeness (QED) is 0.612. The predicted molar refractivity (Wildman–Crippen MR) is 42.6 cm³/mol. The Balaban J connectivity index is 2.13. The lowest BCUT2D eigenvalue weighted by atomic mass is 10.2. The largest absolute Gasteiger partial charge is 0.386 e. The Morgan fingerprint density at radius 2 is 2.00 bits per heavy atom. The highest BCUT2D eigenvalue weighted by Gasteiger charge is 2.51. The lowest BCUT2D eigenvalue weighted by Crippen LogP contribution is -2.41. The SMILES string of the molecule is OC1C(Br)CCC12OCCO2. The van der Waals surface area contributed by atoms with Crippen molar-refractivity contribution in [2.24, 2.45) is 0 Å². The molecular weight excluding hydrogens is 212 g/mol. The average molecular weight is 223 g/mol. The van der Waals surface area contributed by atoms with E-state index in [1.54, 1.807) is 0 Å². The van der Waals surface area contributed by atoms with Crippen molar-refractivity contribution < 1.29 is 14.6 Å². The van der Waals surface area contributed by atoms with Gasteiger partial charge in [0.2, 0.25) is 0 Å². The second kappa shape index (κ2) is 2.69. The van der Waals surface area contributed by atoms with Gasteiger partial charge in [-0.3, -0.25) is 0 Å². The van der Waals surface area contributed by atoms with Crippen LogP contribution in [0.25, 0.3) is 0 Å². The number of ether oxygens (including phenoxy) is 2. The van der Waals surface area contributed by atoms with Gasteiger partial charge in [-0.15, -0.1) is 0 Å². The third-order valence-corrected chi connectivity index (χ3v) is 3.30. The Morgan fingerprint density at radius 1 is 1.36 bits per heavy atom. The van der Waals surface area contributed by atoms with Gasteiger partial charge in [0.05, 0.1) is 13.2 Å². The first-order chi connectivity index (χ1) is 5.25. The maximum Gasteiger partial charge on any atom is 0.195 e. The molecule has 2 unspecified atom stereocenters. The summed E-state index contributed by atoms with van der Waals surface area (Å²) in [6.45, 7) is 1.22. The van der Waals surface area contributed by atoms with Gasteiger partial charge in [0.15, 0.2) is 5.79 Å². The van der Waals surface area contributed by atoms with Crippen LogP contribution in [0.3, 0.4) is 0 Å². The Morgan fingerprint density at radius 3 is 2.45 bits per heavy atom. The van der Waals surface area contributed by atoms with Crippen LogP contribution in [-0.2, 0) is 9.47 Å². The topological polar surface area (TPSA) is 38.7 Å². The molecule has 0 radical (unpaired) electrons. The molecule has 2 rings (SSSR count). The summed E-state index contributed by atoms with van der Waals surface area (Å²) in [7, 11) is 0. The zero-order valence-electron chi connectivity index (χ0n) is 6.12. The molecule has 11 heavy (non-hydrogen) atoms. The van der Waals surface area contributed by atoms with Gasteiger partial charge in [0.25, 0.3) is 0 Å². The van der Waals surface area contributed by atoms with Gasteiger partial charge < -0.3 is 14.6 Å². The molecule has 0 bridgehead atoms. The van der Waals surface area contributed by atoms with Gasteiger partial charge in [0.1, 0.15) is 6.10 Å². The fraction of sp³-hybridized carbons (Fsp3) is 1.00. The van der Waals surface area contributed by atoms with Crippen molar-refractivity contribution in [1.82, 2.24) is 0 Å². The van der Waals surface area contributed by atoms with Crippen LogP contribution in [0.1, 0.15) is 12.8 Å². The van der Waals surface area contributed by atoms with Gasteiger partial charge in [-0.2, -0.15) is 0 Å². The summed E-state index contributed by atoms with van der Waals surface area (Å²) in [5.41, 5.74) is 0. The third kappa shape index (κ3) is 1.13. The molecule has 3 nitrogen and oxygen atoms in total. The van der Waals surface area contributed by atoms with E-state index < -0.39 is 11.9 Å². The molecule has 0 aromatic carbocycles. The normalized spacial score (nSPS) is 42.0. The van der Waals surface area contributed by atoms with Crippen LogP contribution in [0.5, 0.6) is 0 Å². The Bertz CT molecular complexity index is 156. The Kier molecular flexibility index (Phi) is 1.95. The maximum atomic E-state index is 9.65. The van der Waals surface area contributed by atoms with Crippen LogP contribution in [-0.4, -0.2) is 35.0 Å². The first-order valence-electron chi connectivity index (χ1n) is 3.85. The number of rotatable bonds is 0. The minimum Gasteiger partial charge on any atom is -0.386 e. The highest BCUT2D eigenvalue weighted by molar-refractivity contribution is 9.09. The molecule has 1 saturated heterocycles. The summed E-state index contributed by atoms with van der Waals surface area (Å²) in [5.74, 6) is -0.672. The van der Waals surface area contributed by atoms with E-state index in [1.165, 1.54) is 0 Å². The number of hydrogen-bond acceptors (Lipinski definition) is 3. The summed E-state index contributed by atoms with van der Waals surface area (Å²) in [5, 5.41) is 9.65. The highest BCUT2D eigenvalue weighted by atomic mass is 79.9. The molecule has 4 heteroatoms. The molecule has 1 heterocycles. The summed E-state index contributed by atoms with van der Waals surface area (Å²) in [4.78, 5) is 0.126. The molecule has 1 N–H and O–H groups in total. The molecule has 0 aromatic rings. The van der Waals surface area contributed by atoms with E-state index in [0.29, 0.717) is 13.2 Å². The van der Waals surface area contributed by atoms with Crippen molar-refractivity contribution in [3.63, 3.8) is 0 Å². The molecule has 0 aromatic heterocycles. The van der Waals surface area contributed by atoms with Crippen molar-refractivity contribution in [2.45, 2.75) is 29.6 Å². The molecule has 2 aliphatic rings. The minimum absolute atomic E-state index is 0.126. The number of hydrogen-bond donors (Lipinski definition) is 1. The van der Waals surface area contributed by atoms with E-state index in [9.17, 15) is 5.11 Å². The molecule has 2 atom stereocenters. The van der Waals surface area contributed by atoms with Gasteiger partial charge in [-0.05, 0) is 6.42 Å². The lowest BCUT2D eigenvalue weighted by molar-refractivity contribution is -0.202. The van der Waals surface area contributed by atoms with Gasteiger partial charge >= 0.3 is 0 Å². The summed E-state index contributed by atoms with van der Waals surface area (Å²) in [6.07, 6.45) is 1.20. The predicted octanol–water partition coefficient (Wildman–Crippen LogP) is 0.648. The summed E-state index contributed by atoms with van der Waals surface area (Å²) in [6, 6.07) is 0. The van der Waals surface area contributed by atoms with E-state index in [-0.39, 0.29) is 4.83 Å². The van der Waals surface area contributed by atoms with Gasteiger partial charge in [0, 0.05) is 11.2 Å². The van der Waals surface area contributed by atoms with Crippen molar-refractivity contribution in [1.29, 1.82) is 0 Å². The monoisotopic (exact) mass is 222 g/mol. The van der Waals surface area contributed by atoms with E-state index in [2.05, 4.69) is 15.9 Å². The minimum atomic E-state index is -0.672. The summed E-state index contributed by atoms with van der Waals surface area (Å²) < 4.78 is 10.8. The molecule has 1 saturated carbocycles. The van der Waals surface area contributed by atoms with E-state index in [0.717, 1.165) is 12.8 Å². The average Bonchev–Trinajstić information content (AvgIpc) is 2.56. The number of halogens is 1. The van der Waals surface area contributed by atoms with Crippen LogP contribution >= 0.6 is 15.9 Å². The summed E-state index contributed by atoms with van der Waals surface area (Å²) >= 11 is 3.38. The van der Waals surface area contributed by atoms with Gasteiger partial charge in [-0.25, -0.2) is 0 Å². The molecular formula is C7H11BrO3. The number of aliphatic hydroxyl groups is 1. The second-order valence-corrected chi connectivity index (χ2v) is 4.18. The van der Waals surface area contributed by atoms with Crippen LogP contribution in [0.15, 0.2) is 0 Å². The van der Waals surface area contributed by atoms with E-state index in [4.69, 9.17) is 9.47 Å². The van der Waals surface area contributed by atoms with E-state index in [1.807, 2.05) is 0 Å². The molecule has 1 aliphatic heterocycles. The molecule has 2 fully saturated rings. The van der Waals surface area contributed by atoms with Crippen LogP contribution in [0, 0.1) is 0 Å². The number of alkyl halides is 1. The fourth-order valence-corrected chi connectivity index (χ4v) is 2.34. The van der Waals surface area contributed by atoms with Crippen molar-refractivity contribution >= 4 is 15.9 Å². The molecule has 1 aliphatic carbocycles. The Hall–Kier alpha value is 0.360. The van der Waals surface area contributed by atoms with Crippen molar-refractivity contribution in [3.05, 3.63) is 0 Å². The smallest absolute Gasteiger partial charge is 0.195 e. The Labute approximate surface area is 73.8 Å². The number of aliphatic hydroxyl groups excluding tert-OH is 1. The van der Waals surface area contributed by atoms with Crippen LogP contribution < -0.4 is 0 Å². The third-order valence-electron chi connectivity index (χ3n) is 2.34. The second-order valence-electron chi connectivity index (χ2n) is 3.01. The zero-order chi connectivity index (χ0) is 7.90. The van der Waals surface area contributed by atoms with Crippen LogP contribution in [0.4, 0.5) is 0 Å². The molecule has 0 amide bonds. The first kappa shape index (κ1) is 7.98. The van der Waals surface area contributed by atoms with Gasteiger partial charge in [-0.1, -0.05) is 15.9 Å². The molecule has 64 valence electrons. The maximum absolute atomic E-state index is 9.65. The standard InChI is InChI=1S/C7H11BrO3/c8-5-1-2-7(6(5)9)10-3-4-11-7/h5-6,9H,1-4H2. The van der Waals surface area contributed by atoms with Crippen LogP contribution in [0.2, 0.25) is 0 Å². The molecule has 1 spiro atoms. The highest BCUT2D eigenvalue weighted by Crippen LogP contribution is 2.40. The fourth-order valence-electron chi connectivity index (χ4n) is 1.71. The van der Waals surface area contributed by atoms with Crippen molar-refractivity contribution in [2.75, 3.05) is 13.2 Å². The first-order valence-corrected chi connectivity index (χ1v) is 4.76. The lowest BCUT2D eigenvalue weighted by Gasteiger charge is -2.26. The van der Waals surface area contributed by atoms with E-state index >= 15 is 0 Å².